The van der Waals surface area contributed by atoms with Crippen LogP contribution in [0.4, 0.5) is 0 Å². The van der Waals surface area contributed by atoms with Crippen molar-refractivity contribution in [3.8, 4) is 0 Å². The van der Waals surface area contributed by atoms with Gasteiger partial charge in [0.05, 0.1) is 19.3 Å². The molecule has 1 aliphatic rings. The summed E-state index contributed by atoms with van der Waals surface area (Å²) in [5.41, 5.74) is -0.299. The summed E-state index contributed by atoms with van der Waals surface area (Å²) in [7, 11) is 1.98. The van der Waals surface area contributed by atoms with Gasteiger partial charge in [-0.15, -0.1) is 0 Å². The van der Waals surface area contributed by atoms with Crippen molar-refractivity contribution in [1.29, 1.82) is 0 Å². The van der Waals surface area contributed by atoms with Gasteiger partial charge in [-0.2, -0.15) is 0 Å². The van der Waals surface area contributed by atoms with E-state index in [1.165, 1.54) is 0 Å². The zero-order chi connectivity index (χ0) is 13.9. The monoisotopic (exact) mass is 267 g/mol. The smallest absolute Gasteiger partial charge is 0.122 e. The molecular weight excluding hydrogens is 242 g/mol. The van der Waals surface area contributed by atoms with E-state index >= 15 is 0 Å². The molecule has 19 heavy (non-hydrogen) atoms. The third-order valence-corrected chi connectivity index (χ3v) is 4.41. The highest BCUT2D eigenvalue weighted by atomic mass is 16.3. The molecule has 2 rings (SSSR count). The molecule has 2 N–H and O–H groups in total. The number of aromatic nitrogens is 2. The number of imidazole rings is 1. The fraction of sp³-hybridized carbons (Fsp3) is 0.786. The average Bonchev–Trinajstić information content (AvgIpc) is 2.79. The topological polar surface area (TPSA) is 61.5 Å². The van der Waals surface area contributed by atoms with Crippen LogP contribution in [0.5, 0.6) is 0 Å². The first-order valence-corrected chi connectivity index (χ1v) is 7.09. The summed E-state index contributed by atoms with van der Waals surface area (Å²) in [6, 6.07) is 0. The van der Waals surface area contributed by atoms with E-state index in [1.807, 2.05) is 17.8 Å². The molecule has 0 saturated carbocycles. The quantitative estimate of drug-likeness (QED) is 0.827. The van der Waals surface area contributed by atoms with Gasteiger partial charge >= 0.3 is 0 Å². The van der Waals surface area contributed by atoms with E-state index in [2.05, 4.69) is 16.8 Å². The maximum Gasteiger partial charge on any atom is 0.122 e. The minimum absolute atomic E-state index is 0.0816. The highest BCUT2D eigenvalue weighted by Gasteiger charge is 2.41. The Morgan fingerprint density at radius 1 is 1.53 bits per heavy atom. The minimum Gasteiger partial charge on any atom is -0.396 e. The number of rotatable bonds is 5. The zero-order valence-corrected chi connectivity index (χ0v) is 11.9. The summed E-state index contributed by atoms with van der Waals surface area (Å²) in [4.78, 5) is 6.54. The van der Waals surface area contributed by atoms with Gasteiger partial charge in [0, 0.05) is 31.4 Å². The summed E-state index contributed by atoms with van der Waals surface area (Å²) < 4.78 is 2.01. The van der Waals surface area contributed by atoms with E-state index in [0.717, 1.165) is 38.2 Å². The lowest BCUT2D eigenvalue weighted by Gasteiger charge is -2.44. The molecule has 108 valence electrons. The Hall–Kier alpha value is -0.910. The van der Waals surface area contributed by atoms with Crippen LogP contribution in [0.3, 0.4) is 0 Å². The number of aryl methyl sites for hydroxylation is 1. The molecule has 0 bridgehead atoms. The first kappa shape index (κ1) is 14.5. The summed E-state index contributed by atoms with van der Waals surface area (Å²) in [5.74, 6) is 1.01. The molecule has 0 unspecified atom stereocenters. The van der Waals surface area contributed by atoms with Crippen LogP contribution in [-0.4, -0.2) is 50.5 Å². The second-order valence-electron chi connectivity index (χ2n) is 5.73. The van der Waals surface area contributed by atoms with Crippen molar-refractivity contribution in [2.24, 2.45) is 12.5 Å². The van der Waals surface area contributed by atoms with Crippen molar-refractivity contribution in [3.63, 3.8) is 0 Å². The SMILES string of the molecule is CCC[C@]1(CO)CCN(Cc2nccn2C)C[C@H]1O. The fourth-order valence-electron chi connectivity index (χ4n) is 3.02. The van der Waals surface area contributed by atoms with Crippen LogP contribution in [0.1, 0.15) is 32.0 Å². The molecule has 1 aromatic heterocycles. The Morgan fingerprint density at radius 3 is 2.84 bits per heavy atom. The number of nitrogens with zero attached hydrogens (tertiary/aromatic N) is 3. The summed E-state index contributed by atoms with van der Waals surface area (Å²) in [6.07, 6.45) is 6.02. The Labute approximate surface area is 114 Å². The molecule has 1 fully saturated rings. The fourth-order valence-corrected chi connectivity index (χ4v) is 3.02. The predicted octanol–water partition coefficient (Wildman–Crippen LogP) is 0.766. The van der Waals surface area contributed by atoms with E-state index in [1.54, 1.807) is 6.20 Å². The van der Waals surface area contributed by atoms with Gasteiger partial charge < -0.3 is 14.8 Å². The maximum absolute atomic E-state index is 10.4. The lowest BCUT2D eigenvalue weighted by atomic mass is 9.73. The lowest BCUT2D eigenvalue weighted by molar-refractivity contribution is -0.0808. The second kappa shape index (κ2) is 6.03. The molecule has 5 nitrogen and oxygen atoms in total. The van der Waals surface area contributed by atoms with Gasteiger partial charge in [-0.3, -0.25) is 4.90 Å². The van der Waals surface area contributed by atoms with Gasteiger partial charge in [0.1, 0.15) is 5.82 Å². The first-order chi connectivity index (χ1) is 9.11. The van der Waals surface area contributed by atoms with Crippen molar-refractivity contribution in [1.82, 2.24) is 14.5 Å². The number of piperidine rings is 1. The second-order valence-corrected chi connectivity index (χ2v) is 5.73. The third kappa shape index (κ3) is 2.99. The number of aliphatic hydroxyl groups is 2. The molecule has 1 saturated heterocycles. The molecule has 1 aromatic rings. The molecule has 2 atom stereocenters. The van der Waals surface area contributed by atoms with E-state index < -0.39 is 6.10 Å². The van der Waals surface area contributed by atoms with Crippen molar-refractivity contribution in [3.05, 3.63) is 18.2 Å². The Bertz CT molecular complexity index is 407. The molecule has 0 amide bonds. The van der Waals surface area contributed by atoms with Crippen molar-refractivity contribution >= 4 is 0 Å². The van der Waals surface area contributed by atoms with Crippen molar-refractivity contribution < 1.29 is 10.2 Å². The van der Waals surface area contributed by atoms with Crippen LogP contribution in [0.15, 0.2) is 12.4 Å². The third-order valence-electron chi connectivity index (χ3n) is 4.41. The highest BCUT2D eigenvalue weighted by molar-refractivity contribution is 4.96. The largest absolute Gasteiger partial charge is 0.396 e. The van der Waals surface area contributed by atoms with Crippen molar-refractivity contribution in [2.75, 3.05) is 19.7 Å². The van der Waals surface area contributed by atoms with Crippen LogP contribution < -0.4 is 0 Å². The summed E-state index contributed by atoms with van der Waals surface area (Å²) in [5, 5.41) is 20.0. The van der Waals surface area contributed by atoms with Crippen LogP contribution in [0.2, 0.25) is 0 Å². The van der Waals surface area contributed by atoms with Crippen LogP contribution in [-0.2, 0) is 13.6 Å². The Kier molecular flexibility index (Phi) is 4.60. The normalized spacial score (nSPS) is 28.7. The highest BCUT2D eigenvalue weighted by Crippen LogP contribution is 2.36. The molecule has 0 radical (unpaired) electrons. The van der Waals surface area contributed by atoms with E-state index in [4.69, 9.17) is 0 Å². The number of hydrogen-bond acceptors (Lipinski definition) is 4. The number of β-amino-alcohol motifs (C(OH)–C–C–N with tert-alkyl or cyclic N) is 1. The molecule has 5 heteroatoms. The Balaban J connectivity index is 1.98. The Morgan fingerprint density at radius 2 is 2.32 bits per heavy atom. The molecule has 0 aliphatic carbocycles. The van der Waals surface area contributed by atoms with Gasteiger partial charge in [-0.1, -0.05) is 13.3 Å². The minimum atomic E-state index is -0.452. The van der Waals surface area contributed by atoms with Gasteiger partial charge in [0.2, 0.25) is 0 Å². The average molecular weight is 267 g/mol. The first-order valence-electron chi connectivity index (χ1n) is 7.09. The number of aliphatic hydroxyl groups excluding tert-OH is 2. The molecule has 0 spiro atoms. The van der Waals surface area contributed by atoms with E-state index in [-0.39, 0.29) is 12.0 Å². The van der Waals surface area contributed by atoms with Crippen LogP contribution in [0.25, 0.3) is 0 Å². The van der Waals surface area contributed by atoms with Gasteiger partial charge in [0.25, 0.3) is 0 Å². The van der Waals surface area contributed by atoms with Crippen LogP contribution in [0, 0.1) is 5.41 Å². The van der Waals surface area contributed by atoms with Gasteiger partial charge in [-0.25, -0.2) is 4.98 Å². The number of hydrogen-bond donors (Lipinski definition) is 2. The van der Waals surface area contributed by atoms with E-state index in [0.29, 0.717) is 6.54 Å². The summed E-state index contributed by atoms with van der Waals surface area (Å²) >= 11 is 0. The summed E-state index contributed by atoms with van der Waals surface area (Å²) in [6.45, 7) is 4.47. The molecule has 0 aromatic carbocycles. The van der Waals surface area contributed by atoms with Gasteiger partial charge in [-0.05, 0) is 19.4 Å². The molecular formula is C14H25N3O2. The van der Waals surface area contributed by atoms with Gasteiger partial charge in [0.15, 0.2) is 0 Å². The molecule has 2 heterocycles. The lowest BCUT2D eigenvalue weighted by Crippen LogP contribution is -2.52. The van der Waals surface area contributed by atoms with E-state index in [9.17, 15) is 10.2 Å². The zero-order valence-electron chi connectivity index (χ0n) is 11.9. The maximum atomic E-state index is 10.4. The van der Waals surface area contributed by atoms with Crippen molar-refractivity contribution in [2.45, 2.75) is 38.8 Å². The van der Waals surface area contributed by atoms with Crippen LogP contribution >= 0.6 is 0 Å². The predicted molar refractivity (Wildman–Crippen MR) is 73.5 cm³/mol. The molecule has 1 aliphatic heterocycles. The standard InChI is InChI=1S/C14H25N3O2/c1-3-4-14(11-18)5-7-17(9-12(14)19)10-13-15-6-8-16(13)2/h6,8,12,18-19H,3-5,7,9-11H2,1-2H3/t12-,14-/m1/s1. The number of likely N-dealkylation sites (tertiary alicyclic amines) is 1.